The van der Waals surface area contributed by atoms with Crippen LogP contribution in [-0.2, 0) is 4.79 Å². The lowest BCUT2D eigenvalue weighted by Crippen LogP contribution is -2.72. The zero-order valence-corrected chi connectivity index (χ0v) is 16.1. The number of carbonyl (C=O) groups is 1. The number of nitrogens with one attached hydrogen (secondary N) is 1. The fourth-order valence-corrected chi connectivity index (χ4v) is 4.38. The predicted octanol–water partition coefficient (Wildman–Crippen LogP) is 3.07. The smallest absolute Gasteiger partial charge is 0.233 e. The fourth-order valence-electron chi connectivity index (χ4n) is 3.96. The molecule has 1 N–H and O–H groups in total. The van der Waals surface area contributed by atoms with Crippen molar-refractivity contribution in [3.63, 3.8) is 0 Å². The third-order valence-corrected chi connectivity index (χ3v) is 5.50. The maximum absolute atomic E-state index is 13.4. The normalized spacial score (nSPS) is 25.9. The topological polar surface area (TPSA) is 44.8 Å². The van der Waals surface area contributed by atoms with Crippen LogP contribution in [0.4, 0.5) is 10.1 Å². The molecule has 1 amide bonds. The molecule has 0 aromatic heterocycles. The van der Waals surface area contributed by atoms with Crippen molar-refractivity contribution in [1.82, 2.24) is 10.2 Å². The Bertz CT molecular complexity index is 918. The van der Waals surface area contributed by atoms with Crippen LogP contribution in [-0.4, -0.2) is 35.7 Å². The minimum atomic E-state index is -1.06. The van der Waals surface area contributed by atoms with Crippen LogP contribution in [0.1, 0.15) is 18.5 Å². The van der Waals surface area contributed by atoms with Crippen LogP contribution in [0.5, 0.6) is 5.75 Å². The van der Waals surface area contributed by atoms with Crippen molar-refractivity contribution in [3.8, 4) is 5.75 Å². The molecule has 2 aromatic carbocycles. The van der Waals surface area contributed by atoms with Gasteiger partial charge in [0.15, 0.2) is 10.8 Å². The van der Waals surface area contributed by atoms with Gasteiger partial charge < -0.3 is 15.0 Å². The van der Waals surface area contributed by atoms with Crippen LogP contribution in [0.3, 0.4) is 0 Å². The number of fused-ring (bicyclic) bond motifs is 4. The molecule has 2 heterocycles. The molecule has 5 nitrogen and oxygen atoms in total. The summed E-state index contributed by atoms with van der Waals surface area (Å²) in [6.45, 7) is 1.86. The highest BCUT2D eigenvalue weighted by Gasteiger charge is 2.59. The second kappa shape index (κ2) is 6.20. The Balaban J connectivity index is 1.90. The highest BCUT2D eigenvalue weighted by atomic mass is 32.1. The number of benzene rings is 2. The van der Waals surface area contributed by atoms with E-state index in [2.05, 4.69) is 5.32 Å². The van der Waals surface area contributed by atoms with Crippen LogP contribution in [0.25, 0.3) is 0 Å². The number of ether oxygens (including phenoxy) is 1. The molecule has 0 saturated carbocycles. The molecule has 2 bridgehead atoms. The van der Waals surface area contributed by atoms with E-state index < -0.39 is 11.6 Å². The van der Waals surface area contributed by atoms with Crippen molar-refractivity contribution in [2.45, 2.75) is 18.7 Å². The quantitative estimate of drug-likeness (QED) is 0.805. The molecular weight excluding hydrogens is 365 g/mol. The van der Waals surface area contributed by atoms with E-state index in [1.807, 2.05) is 31.2 Å². The summed E-state index contributed by atoms with van der Waals surface area (Å²) in [6.07, 6.45) is 0. The molecule has 1 fully saturated rings. The molecule has 2 aliphatic heterocycles. The fraction of sp³-hybridized carbons (Fsp3) is 0.300. The van der Waals surface area contributed by atoms with Crippen molar-refractivity contribution in [2.24, 2.45) is 5.92 Å². The van der Waals surface area contributed by atoms with Gasteiger partial charge in [-0.2, -0.15) is 0 Å². The largest absolute Gasteiger partial charge is 0.467 e. The van der Waals surface area contributed by atoms with Gasteiger partial charge in [0.25, 0.3) is 0 Å². The lowest BCUT2D eigenvalue weighted by atomic mass is 9.78. The minimum absolute atomic E-state index is 0.0703. The SMILES string of the molecule is CN(C)C(=O)[C@H]1[C@H]2NC(=S)N(c3ccc(F)cc3)[C@@]1(C)Oc1ccccc12. The first-order valence-corrected chi connectivity index (χ1v) is 9.09. The highest BCUT2D eigenvalue weighted by molar-refractivity contribution is 7.80. The molecule has 0 radical (unpaired) electrons. The lowest BCUT2D eigenvalue weighted by Gasteiger charge is -2.56. The molecule has 4 rings (SSSR count). The predicted molar refractivity (Wildman–Crippen MR) is 105 cm³/mol. The monoisotopic (exact) mass is 385 g/mol. The number of nitrogens with zero attached hydrogens (tertiary/aromatic N) is 2. The van der Waals surface area contributed by atoms with Gasteiger partial charge in [-0.1, -0.05) is 18.2 Å². The van der Waals surface area contributed by atoms with Crippen LogP contribution < -0.4 is 15.0 Å². The number of hydrogen-bond acceptors (Lipinski definition) is 3. The van der Waals surface area contributed by atoms with Gasteiger partial charge in [-0.3, -0.25) is 9.69 Å². The summed E-state index contributed by atoms with van der Waals surface area (Å²) in [7, 11) is 3.45. The third-order valence-electron chi connectivity index (χ3n) is 5.20. The first kappa shape index (κ1) is 17.7. The summed E-state index contributed by atoms with van der Waals surface area (Å²) in [6, 6.07) is 13.3. The number of thiocarbonyl (C=S) groups is 1. The Kier molecular flexibility index (Phi) is 4.07. The van der Waals surface area contributed by atoms with Crippen LogP contribution >= 0.6 is 12.2 Å². The zero-order valence-electron chi connectivity index (χ0n) is 15.3. The molecule has 2 aliphatic rings. The van der Waals surface area contributed by atoms with Gasteiger partial charge in [-0.25, -0.2) is 4.39 Å². The van der Waals surface area contributed by atoms with Crippen LogP contribution in [0.15, 0.2) is 48.5 Å². The Labute approximate surface area is 162 Å². The Morgan fingerprint density at radius 1 is 1.22 bits per heavy atom. The molecule has 7 heteroatoms. The van der Waals surface area contributed by atoms with E-state index in [0.29, 0.717) is 16.5 Å². The average Bonchev–Trinajstić information content (AvgIpc) is 2.62. The number of amides is 1. The Morgan fingerprint density at radius 3 is 2.56 bits per heavy atom. The van der Waals surface area contributed by atoms with E-state index in [-0.39, 0.29) is 17.8 Å². The first-order valence-electron chi connectivity index (χ1n) is 8.68. The van der Waals surface area contributed by atoms with Crippen LogP contribution in [0.2, 0.25) is 0 Å². The Morgan fingerprint density at radius 2 is 1.89 bits per heavy atom. The van der Waals surface area contributed by atoms with E-state index in [9.17, 15) is 9.18 Å². The second-order valence-corrected chi connectivity index (χ2v) is 7.53. The van der Waals surface area contributed by atoms with Gasteiger partial charge in [-0.15, -0.1) is 0 Å². The Hall–Kier alpha value is -2.67. The molecule has 0 unspecified atom stereocenters. The summed E-state index contributed by atoms with van der Waals surface area (Å²) in [4.78, 5) is 16.5. The average molecular weight is 385 g/mol. The molecule has 3 atom stereocenters. The maximum Gasteiger partial charge on any atom is 0.233 e. The van der Waals surface area contributed by atoms with Crippen molar-refractivity contribution in [1.29, 1.82) is 0 Å². The van der Waals surface area contributed by atoms with Gasteiger partial charge in [0.1, 0.15) is 17.5 Å². The molecule has 1 saturated heterocycles. The van der Waals surface area contributed by atoms with Gasteiger partial charge in [-0.05, 0) is 49.5 Å². The molecule has 140 valence electrons. The van der Waals surface area contributed by atoms with E-state index in [1.165, 1.54) is 12.1 Å². The van der Waals surface area contributed by atoms with Crippen LogP contribution in [0, 0.1) is 11.7 Å². The van der Waals surface area contributed by atoms with Gasteiger partial charge in [0.05, 0.1) is 6.04 Å². The molecular formula is C20H20FN3O2S. The van der Waals surface area contributed by atoms with Crippen molar-refractivity contribution in [2.75, 3.05) is 19.0 Å². The first-order chi connectivity index (χ1) is 12.8. The number of halogens is 1. The van der Waals surface area contributed by atoms with E-state index in [0.717, 1.165) is 5.56 Å². The molecule has 2 aromatic rings. The highest BCUT2D eigenvalue weighted by Crippen LogP contribution is 2.49. The number of para-hydroxylation sites is 1. The number of carbonyl (C=O) groups excluding carboxylic acids is 1. The van der Waals surface area contributed by atoms with E-state index in [4.69, 9.17) is 17.0 Å². The summed E-state index contributed by atoms with van der Waals surface area (Å²) in [5, 5.41) is 3.75. The van der Waals surface area contributed by atoms with E-state index in [1.54, 1.807) is 36.0 Å². The standard InChI is InChI=1S/C20H20FN3O2S/c1-20-16(18(25)23(2)3)17(14-6-4-5-7-15(14)26-20)22-19(27)24(20)13-10-8-12(21)9-11-13/h4-11,16-17H,1-3H3,(H,22,27)/t16-,17+,20+/m1/s1. The molecule has 0 aliphatic carbocycles. The number of hydrogen-bond donors (Lipinski definition) is 1. The van der Waals surface area contributed by atoms with Crippen molar-refractivity contribution < 1.29 is 13.9 Å². The molecule has 0 spiro atoms. The summed E-state index contributed by atoms with van der Waals surface area (Å²) < 4.78 is 19.8. The van der Waals surface area contributed by atoms with Gasteiger partial charge in [0, 0.05) is 25.3 Å². The summed E-state index contributed by atoms with van der Waals surface area (Å²) in [5.41, 5.74) is 0.502. The third kappa shape index (κ3) is 2.65. The zero-order chi connectivity index (χ0) is 19.3. The lowest BCUT2D eigenvalue weighted by molar-refractivity contribution is -0.144. The van der Waals surface area contributed by atoms with Gasteiger partial charge >= 0.3 is 0 Å². The minimum Gasteiger partial charge on any atom is -0.467 e. The number of rotatable bonds is 2. The van der Waals surface area contributed by atoms with E-state index >= 15 is 0 Å². The number of anilines is 1. The summed E-state index contributed by atoms with van der Waals surface area (Å²) >= 11 is 5.62. The van der Waals surface area contributed by atoms with Crippen molar-refractivity contribution in [3.05, 3.63) is 59.9 Å². The van der Waals surface area contributed by atoms with Gasteiger partial charge in [0.2, 0.25) is 5.91 Å². The summed E-state index contributed by atoms with van der Waals surface area (Å²) in [5.74, 6) is -0.248. The maximum atomic E-state index is 13.4. The molecule has 27 heavy (non-hydrogen) atoms. The van der Waals surface area contributed by atoms with Crippen molar-refractivity contribution >= 4 is 28.9 Å². The second-order valence-electron chi connectivity index (χ2n) is 7.14.